The van der Waals surface area contributed by atoms with Crippen molar-refractivity contribution in [1.29, 1.82) is 0 Å². The number of anilines is 1. The molecule has 28 heavy (non-hydrogen) atoms. The molecule has 0 atom stereocenters. The molecule has 0 bridgehead atoms. The fraction of sp³-hybridized carbons (Fsp3) is 0.0435. The van der Waals surface area contributed by atoms with Crippen molar-refractivity contribution >= 4 is 11.7 Å². The molecule has 0 saturated carbocycles. The zero-order chi connectivity index (χ0) is 18.9. The highest BCUT2D eigenvalue weighted by atomic mass is 16.5. The molecule has 0 spiro atoms. The molecule has 4 aromatic rings. The van der Waals surface area contributed by atoms with Gasteiger partial charge >= 0.3 is 6.03 Å². The van der Waals surface area contributed by atoms with Crippen LogP contribution >= 0.6 is 0 Å². The van der Waals surface area contributed by atoms with Crippen molar-refractivity contribution in [2.75, 3.05) is 5.32 Å². The minimum atomic E-state index is -0.308. The monoisotopic (exact) mass is 367 g/mol. The maximum atomic E-state index is 12.8. The minimum Gasteiger partial charge on any atom is -0.362 e. The molecule has 0 aliphatic heterocycles. The number of amides is 2. The van der Waals surface area contributed by atoms with Crippen molar-refractivity contribution in [2.45, 2.75) is 6.04 Å². The van der Waals surface area contributed by atoms with Crippen LogP contribution in [0, 0.1) is 0 Å². The van der Waals surface area contributed by atoms with E-state index in [9.17, 15) is 4.79 Å². The highest BCUT2D eigenvalue weighted by Gasteiger charge is 2.29. The number of fused-ring (bicyclic) bond motifs is 3. The number of hydrogen-bond donors (Lipinski definition) is 2. The van der Waals surface area contributed by atoms with Crippen LogP contribution in [0.1, 0.15) is 17.2 Å². The highest BCUT2D eigenvalue weighted by molar-refractivity contribution is 5.94. The number of carbonyl (C=O) groups is 1. The first kappa shape index (κ1) is 16.3. The number of urea groups is 1. The molecule has 0 saturated heterocycles. The summed E-state index contributed by atoms with van der Waals surface area (Å²) in [7, 11) is 0. The summed E-state index contributed by atoms with van der Waals surface area (Å²) in [5, 5.41) is 9.99. The molecule has 5 rings (SSSR count). The number of nitrogens with zero attached hydrogens (tertiary/aromatic N) is 1. The third-order valence-electron chi connectivity index (χ3n) is 4.97. The van der Waals surface area contributed by atoms with Crippen LogP contribution < -0.4 is 10.6 Å². The van der Waals surface area contributed by atoms with Gasteiger partial charge in [-0.15, -0.1) is 0 Å². The van der Waals surface area contributed by atoms with Gasteiger partial charge in [0.15, 0.2) is 0 Å². The summed E-state index contributed by atoms with van der Waals surface area (Å²) in [6.07, 6.45) is 1.44. The third-order valence-corrected chi connectivity index (χ3v) is 4.97. The van der Waals surface area contributed by atoms with Gasteiger partial charge in [-0.3, -0.25) is 0 Å². The fourth-order valence-electron chi connectivity index (χ4n) is 3.73. The predicted octanol–water partition coefficient (Wildman–Crippen LogP) is 5.23. The Labute approximate surface area is 162 Å². The van der Waals surface area contributed by atoms with Crippen molar-refractivity contribution in [2.24, 2.45) is 0 Å². The van der Waals surface area contributed by atoms with E-state index < -0.39 is 0 Å². The summed E-state index contributed by atoms with van der Waals surface area (Å²) in [4.78, 5) is 12.8. The Balaban J connectivity index is 1.41. The first-order valence-corrected chi connectivity index (χ1v) is 9.07. The van der Waals surface area contributed by atoms with Crippen LogP contribution in [0.25, 0.3) is 22.4 Å². The smallest absolute Gasteiger partial charge is 0.320 e. The first-order valence-electron chi connectivity index (χ1n) is 9.07. The van der Waals surface area contributed by atoms with Gasteiger partial charge in [0.05, 0.1) is 6.04 Å². The van der Waals surface area contributed by atoms with Crippen LogP contribution in [-0.4, -0.2) is 11.2 Å². The van der Waals surface area contributed by atoms with E-state index in [2.05, 4.69) is 40.1 Å². The number of nitrogens with one attached hydrogen (secondary N) is 2. The Morgan fingerprint density at radius 3 is 2.11 bits per heavy atom. The number of rotatable bonds is 3. The van der Waals surface area contributed by atoms with Crippen LogP contribution in [0.15, 0.2) is 89.6 Å². The summed E-state index contributed by atoms with van der Waals surface area (Å²) >= 11 is 0. The van der Waals surface area contributed by atoms with Gasteiger partial charge in [-0.05, 0) is 22.3 Å². The Kier molecular flexibility index (Phi) is 3.91. The van der Waals surface area contributed by atoms with Gasteiger partial charge < -0.3 is 15.2 Å². The lowest BCUT2D eigenvalue weighted by Crippen LogP contribution is -2.32. The summed E-state index contributed by atoms with van der Waals surface area (Å²) in [5.74, 6) is 0. The van der Waals surface area contributed by atoms with Crippen molar-refractivity contribution in [3.63, 3.8) is 0 Å². The lowest BCUT2D eigenvalue weighted by Gasteiger charge is -2.16. The van der Waals surface area contributed by atoms with Gasteiger partial charge in [0.1, 0.15) is 17.6 Å². The Morgan fingerprint density at radius 2 is 1.43 bits per heavy atom. The van der Waals surface area contributed by atoms with E-state index in [4.69, 9.17) is 4.52 Å². The Hall–Kier alpha value is -3.86. The molecule has 5 nitrogen and oxygen atoms in total. The van der Waals surface area contributed by atoms with E-state index in [1.54, 1.807) is 0 Å². The molecule has 2 amide bonds. The van der Waals surface area contributed by atoms with Gasteiger partial charge in [-0.2, -0.15) is 0 Å². The summed E-state index contributed by atoms with van der Waals surface area (Å²) < 4.78 is 5.09. The van der Waals surface area contributed by atoms with E-state index in [0.717, 1.165) is 27.8 Å². The summed E-state index contributed by atoms with van der Waals surface area (Å²) in [6.45, 7) is 0. The summed E-state index contributed by atoms with van der Waals surface area (Å²) in [5.41, 5.74) is 6.49. The molecule has 0 fully saturated rings. The Bertz CT molecular complexity index is 1110. The molecule has 0 unspecified atom stereocenters. The van der Waals surface area contributed by atoms with E-state index in [1.165, 1.54) is 6.26 Å². The van der Waals surface area contributed by atoms with E-state index in [1.807, 2.05) is 54.6 Å². The summed E-state index contributed by atoms with van der Waals surface area (Å²) in [6, 6.07) is 25.4. The predicted molar refractivity (Wildman–Crippen MR) is 108 cm³/mol. The van der Waals surface area contributed by atoms with Crippen LogP contribution in [0.4, 0.5) is 10.5 Å². The van der Waals surface area contributed by atoms with E-state index in [0.29, 0.717) is 11.4 Å². The van der Waals surface area contributed by atoms with Gasteiger partial charge in [0.25, 0.3) is 0 Å². The highest BCUT2D eigenvalue weighted by Crippen LogP contribution is 2.43. The molecule has 1 heterocycles. The zero-order valence-corrected chi connectivity index (χ0v) is 14.9. The third kappa shape index (κ3) is 2.74. The van der Waals surface area contributed by atoms with Crippen LogP contribution in [-0.2, 0) is 0 Å². The normalized spacial score (nSPS) is 12.3. The van der Waals surface area contributed by atoms with Crippen molar-refractivity contribution < 1.29 is 9.32 Å². The number of benzene rings is 3. The van der Waals surface area contributed by atoms with Gasteiger partial charge in [-0.25, -0.2) is 4.79 Å². The van der Waals surface area contributed by atoms with Crippen molar-refractivity contribution in [3.8, 4) is 22.4 Å². The van der Waals surface area contributed by atoms with Gasteiger partial charge in [0.2, 0.25) is 0 Å². The van der Waals surface area contributed by atoms with Crippen molar-refractivity contribution in [3.05, 3.63) is 96.3 Å². The molecular weight excluding hydrogens is 350 g/mol. The molecule has 1 aliphatic rings. The maximum Gasteiger partial charge on any atom is 0.320 e. The molecule has 3 aromatic carbocycles. The zero-order valence-electron chi connectivity index (χ0n) is 14.9. The molecular formula is C23H17N3O2. The lowest BCUT2D eigenvalue weighted by molar-refractivity contribution is 0.250. The Morgan fingerprint density at radius 1 is 0.821 bits per heavy atom. The molecule has 136 valence electrons. The largest absolute Gasteiger partial charge is 0.362 e. The molecule has 2 N–H and O–H groups in total. The van der Waals surface area contributed by atoms with E-state index in [-0.39, 0.29) is 12.1 Å². The number of aromatic nitrogens is 1. The molecule has 5 heteroatoms. The standard InChI is InChI=1S/C23H17N3O2/c27-23(24-20-14-28-26-21(20)15-8-2-1-3-9-15)25-22-18-12-6-4-10-16(18)17-11-5-7-13-19(17)22/h1-14,22H,(H2,24,25,27). The lowest BCUT2D eigenvalue weighted by atomic mass is 10.1. The van der Waals surface area contributed by atoms with Gasteiger partial charge in [0, 0.05) is 5.56 Å². The van der Waals surface area contributed by atoms with Gasteiger partial charge in [-0.1, -0.05) is 84.0 Å². The minimum absolute atomic E-state index is 0.201. The second kappa shape index (κ2) is 6.70. The van der Waals surface area contributed by atoms with Crippen molar-refractivity contribution in [1.82, 2.24) is 10.5 Å². The first-order chi connectivity index (χ1) is 13.8. The van der Waals surface area contributed by atoms with Crippen LogP contribution in [0.5, 0.6) is 0 Å². The van der Waals surface area contributed by atoms with Crippen LogP contribution in [0.3, 0.4) is 0 Å². The fourth-order valence-corrected chi connectivity index (χ4v) is 3.73. The second-order valence-electron chi connectivity index (χ2n) is 6.65. The SMILES string of the molecule is O=C(Nc1conc1-c1ccccc1)NC1c2ccccc2-c2ccccc21. The number of carbonyl (C=O) groups excluding carboxylic acids is 1. The molecule has 1 aromatic heterocycles. The quantitative estimate of drug-likeness (QED) is 0.521. The van der Waals surface area contributed by atoms with Crippen LogP contribution in [0.2, 0.25) is 0 Å². The molecule has 1 aliphatic carbocycles. The molecule has 0 radical (unpaired) electrons. The maximum absolute atomic E-state index is 12.8. The number of hydrogen-bond acceptors (Lipinski definition) is 3. The average Bonchev–Trinajstić information content (AvgIpc) is 3.32. The second-order valence-corrected chi connectivity index (χ2v) is 6.65. The van der Waals surface area contributed by atoms with E-state index >= 15 is 0 Å². The average molecular weight is 367 g/mol. The topological polar surface area (TPSA) is 67.2 Å².